The van der Waals surface area contributed by atoms with E-state index in [0.717, 1.165) is 17.5 Å². The fraction of sp³-hybridized carbons (Fsp3) is 0.464. The number of ether oxygens (including phenoxy) is 1. The summed E-state index contributed by atoms with van der Waals surface area (Å²) < 4.78 is 5.41. The van der Waals surface area contributed by atoms with E-state index in [1.54, 1.807) is 11.0 Å². The van der Waals surface area contributed by atoms with E-state index in [0.29, 0.717) is 64.2 Å². The number of benzene rings is 2. The van der Waals surface area contributed by atoms with Crippen LogP contribution in [0.4, 0.5) is 0 Å². The molecule has 0 aromatic heterocycles. The number of nitrogens with zero attached hydrogens (tertiary/aromatic N) is 2. The number of hydrogen-bond acceptors (Lipinski definition) is 4. The second kappa shape index (κ2) is 12.0. The topological polar surface area (TPSA) is 79.0 Å². The number of morpholine rings is 1. The summed E-state index contributed by atoms with van der Waals surface area (Å²) in [5.41, 5.74) is 2.71. The molecule has 2 fully saturated rings. The fourth-order valence-corrected chi connectivity index (χ4v) is 4.91. The second-order valence-electron chi connectivity index (χ2n) is 9.46. The molecule has 0 spiro atoms. The molecular weight excluding hydrogens is 442 g/mol. The quantitative estimate of drug-likeness (QED) is 0.665. The average Bonchev–Trinajstić information content (AvgIpc) is 2.91. The average molecular weight is 478 g/mol. The van der Waals surface area contributed by atoms with Crippen molar-refractivity contribution in [3.63, 3.8) is 0 Å². The molecular formula is C28H35N3O4. The van der Waals surface area contributed by atoms with E-state index in [1.165, 1.54) is 0 Å². The number of piperidine rings is 1. The van der Waals surface area contributed by atoms with Crippen molar-refractivity contribution in [2.75, 3.05) is 39.4 Å². The Labute approximate surface area is 207 Å². The summed E-state index contributed by atoms with van der Waals surface area (Å²) in [5, 5.41) is 3.04. The van der Waals surface area contributed by atoms with Gasteiger partial charge in [0.1, 0.15) is 6.04 Å². The molecule has 1 atom stereocenters. The molecule has 0 saturated carbocycles. The van der Waals surface area contributed by atoms with Crippen LogP contribution in [0, 0.1) is 12.8 Å². The van der Waals surface area contributed by atoms with Gasteiger partial charge in [0.05, 0.1) is 13.2 Å². The molecule has 0 bridgehead atoms. The zero-order valence-corrected chi connectivity index (χ0v) is 20.4. The second-order valence-corrected chi connectivity index (χ2v) is 9.46. The van der Waals surface area contributed by atoms with Crippen molar-refractivity contribution in [2.45, 2.75) is 38.6 Å². The Balaban J connectivity index is 1.39. The van der Waals surface area contributed by atoms with Crippen LogP contribution in [-0.4, -0.2) is 73.0 Å². The maximum Gasteiger partial charge on any atom is 0.251 e. The first kappa shape index (κ1) is 24.9. The molecule has 7 nitrogen and oxygen atoms in total. The lowest BCUT2D eigenvalue weighted by Gasteiger charge is -2.38. The van der Waals surface area contributed by atoms with Crippen molar-refractivity contribution in [1.29, 1.82) is 0 Å². The van der Waals surface area contributed by atoms with Gasteiger partial charge >= 0.3 is 0 Å². The Morgan fingerprint density at radius 3 is 2.34 bits per heavy atom. The Kier molecular flexibility index (Phi) is 8.53. The van der Waals surface area contributed by atoms with E-state index in [1.807, 2.05) is 60.4 Å². The summed E-state index contributed by atoms with van der Waals surface area (Å²) in [4.78, 5) is 43.0. The standard InChI is InChI=1S/C28H35N3O4/c1-21-6-5-9-24(20-21)27(33)29-26(28(34)31-16-18-35-19-17-31)23-12-14-30(15-13-23)25(32)11-10-22-7-3-2-4-8-22/h2-9,20,23,26H,10-19H2,1H3,(H,29,33)/t26-/m0/s1. The monoisotopic (exact) mass is 477 g/mol. The molecule has 2 aliphatic heterocycles. The largest absolute Gasteiger partial charge is 0.378 e. The van der Waals surface area contributed by atoms with Gasteiger partial charge in [-0.1, -0.05) is 48.0 Å². The van der Waals surface area contributed by atoms with E-state index in [2.05, 4.69) is 5.32 Å². The minimum absolute atomic E-state index is 0.0164. The fourth-order valence-electron chi connectivity index (χ4n) is 4.91. The number of carbonyl (C=O) groups is 3. The first-order valence-electron chi connectivity index (χ1n) is 12.6. The first-order valence-corrected chi connectivity index (χ1v) is 12.6. The van der Waals surface area contributed by atoms with Crippen LogP contribution in [0.3, 0.4) is 0 Å². The highest BCUT2D eigenvalue weighted by Gasteiger charge is 2.36. The maximum absolute atomic E-state index is 13.5. The van der Waals surface area contributed by atoms with Crippen molar-refractivity contribution < 1.29 is 19.1 Å². The highest BCUT2D eigenvalue weighted by Crippen LogP contribution is 2.24. The third kappa shape index (κ3) is 6.69. The van der Waals surface area contributed by atoms with Gasteiger partial charge in [0.2, 0.25) is 11.8 Å². The number of rotatable bonds is 7. The summed E-state index contributed by atoms with van der Waals surface area (Å²) in [6.45, 7) is 5.24. The number of hydrogen-bond donors (Lipinski definition) is 1. The normalized spacial score (nSPS) is 17.6. The predicted octanol–water partition coefficient (Wildman–Crippen LogP) is 2.82. The smallest absolute Gasteiger partial charge is 0.251 e. The van der Waals surface area contributed by atoms with E-state index < -0.39 is 6.04 Å². The minimum Gasteiger partial charge on any atom is -0.378 e. The van der Waals surface area contributed by atoms with E-state index in [-0.39, 0.29) is 23.6 Å². The van der Waals surface area contributed by atoms with Crippen molar-refractivity contribution in [3.8, 4) is 0 Å². The molecule has 0 unspecified atom stereocenters. The molecule has 2 aromatic carbocycles. The SMILES string of the molecule is Cc1cccc(C(=O)N[C@H](C(=O)N2CCOCC2)C2CCN(C(=O)CCc3ccccc3)CC2)c1. The molecule has 0 radical (unpaired) electrons. The van der Waals surface area contributed by atoms with Gasteiger partial charge in [-0.05, 0) is 49.8 Å². The Hall–Kier alpha value is -3.19. The van der Waals surface area contributed by atoms with Crippen LogP contribution < -0.4 is 5.32 Å². The van der Waals surface area contributed by atoms with Gasteiger partial charge in [0, 0.05) is 38.2 Å². The molecule has 2 aliphatic rings. The Bertz CT molecular complexity index is 1010. The summed E-state index contributed by atoms with van der Waals surface area (Å²) in [7, 11) is 0. The van der Waals surface area contributed by atoms with Crippen molar-refractivity contribution in [2.24, 2.45) is 5.92 Å². The van der Waals surface area contributed by atoms with Gasteiger partial charge in [0.15, 0.2) is 0 Å². The van der Waals surface area contributed by atoms with E-state index >= 15 is 0 Å². The lowest BCUT2D eigenvalue weighted by atomic mass is 9.87. The van der Waals surface area contributed by atoms with Crippen LogP contribution in [0.15, 0.2) is 54.6 Å². The number of nitrogens with one attached hydrogen (secondary N) is 1. The van der Waals surface area contributed by atoms with Crippen LogP contribution in [0.2, 0.25) is 0 Å². The number of likely N-dealkylation sites (tertiary alicyclic amines) is 1. The zero-order chi connectivity index (χ0) is 24.6. The minimum atomic E-state index is -0.609. The summed E-state index contributed by atoms with van der Waals surface area (Å²) >= 11 is 0. The number of amides is 3. The molecule has 1 N–H and O–H groups in total. The van der Waals surface area contributed by atoms with E-state index in [4.69, 9.17) is 4.74 Å². The molecule has 7 heteroatoms. The van der Waals surface area contributed by atoms with Gasteiger partial charge in [-0.2, -0.15) is 0 Å². The van der Waals surface area contributed by atoms with Crippen LogP contribution in [0.25, 0.3) is 0 Å². The van der Waals surface area contributed by atoms with Gasteiger partial charge in [-0.25, -0.2) is 0 Å². The lowest BCUT2D eigenvalue weighted by Crippen LogP contribution is -2.56. The summed E-state index contributed by atoms with van der Waals surface area (Å²) in [6, 6.07) is 16.8. The highest BCUT2D eigenvalue weighted by atomic mass is 16.5. The molecule has 0 aliphatic carbocycles. The maximum atomic E-state index is 13.5. The van der Waals surface area contributed by atoms with Gasteiger partial charge < -0.3 is 19.9 Å². The van der Waals surface area contributed by atoms with Gasteiger partial charge in [0.25, 0.3) is 5.91 Å². The Morgan fingerprint density at radius 1 is 0.943 bits per heavy atom. The highest BCUT2D eigenvalue weighted by molar-refractivity contribution is 5.97. The number of carbonyl (C=O) groups excluding carboxylic acids is 3. The molecule has 4 rings (SSSR count). The van der Waals surface area contributed by atoms with E-state index in [9.17, 15) is 14.4 Å². The first-order chi connectivity index (χ1) is 17.0. The Morgan fingerprint density at radius 2 is 1.66 bits per heavy atom. The van der Waals surface area contributed by atoms with Crippen LogP contribution >= 0.6 is 0 Å². The van der Waals surface area contributed by atoms with Gasteiger partial charge in [-0.15, -0.1) is 0 Å². The summed E-state index contributed by atoms with van der Waals surface area (Å²) in [6.07, 6.45) is 2.58. The molecule has 35 heavy (non-hydrogen) atoms. The molecule has 186 valence electrons. The van der Waals surface area contributed by atoms with Crippen LogP contribution in [0.1, 0.15) is 40.7 Å². The van der Waals surface area contributed by atoms with Crippen LogP contribution in [0.5, 0.6) is 0 Å². The van der Waals surface area contributed by atoms with Crippen molar-refractivity contribution in [3.05, 3.63) is 71.3 Å². The lowest BCUT2D eigenvalue weighted by molar-refractivity contribution is -0.139. The predicted molar refractivity (Wildman–Crippen MR) is 134 cm³/mol. The molecule has 2 heterocycles. The van der Waals surface area contributed by atoms with Gasteiger partial charge in [-0.3, -0.25) is 14.4 Å². The van der Waals surface area contributed by atoms with Crippen molar-refractivity contribution >= 4 is 17.7 Å². The summed E-state index contributed by atoms with van der Waals surface area (Å²) in [5.74, 6) is -0.158. The molecule has 2 aromatic rings. The third-order valence-corrected chi connectivity index (χ3v) is 6.99. The number of aryl methyl sites for hydroxylation is 2. The van der Waals surface area contributed by atoms with Crippen molar-refractivity contribution in [1.82, 2.24) is 15.1 Å². The molecule has 2 saturated heterocycles. The van der Waals surface area contributed by atoms with Crippen LogP contribution in [-0.2, 0) is 20.7 Å². The third-order valence-electron chi connectivity index (χ3n) is 6.99. The molecule has 3 amide bonds. The zero-order valence-electron chi connectivity index (χ0n) is 20.4.